The van der Waals surface area contributed by atoms with Crippen molar-refractivity contribution in [2.45, 2.75) is 33.3 Å². The van der Waals surface area contributed by atoms with E-state index in [4.69, 9.17) is 9.47 Å². The van der Waals surface area contributed by atoms with Gasteiger partial charge in [0.15, 0.2) is 0 Å². The van der Waals surface area contributed by atoms with Gasteiger partial charge >= 0.3 is 5.97 Å². The summed E-state index contributed by atoms with van der Waals surface area (Å²) in [5.74, 6) is -0.00476. The van der Waals surface area contributed by atoms with E-state index in [9.17, 15) is 9.59 Å². The Balaban J connectivity index is 1.68. The van der Waals surface area contributed by atoms with Gasteiger partial charge in [-0.1, -0.05) is 18.7 Å². The molecule has 24 heavy (non-hydrogen) atoms. The average molecular weight is 352 g/mol. The highest BCUT2D eigenvalue weighted by molar-refractivity contribution is 8.06. The van der Waals surface area contributed by atoms with Crippen LogP contribution in [0, 0.1) is 5.92 Å². The van der Waals surface area contributed by atoms with Gasteiger partial charge in [0.1, 0.15) is 0 Å². The third-order valence-electron chi connectivity index (χ3n) is 4.34. The third-order valence-corrected chi connectivity index (χ3v) is 5.39. The zero-order valence-electron chi connectivity index (χ0n) is 14.4. The summed E-state index contributed by atoms with van der Waals surface area (Å²) in [5, 5.41) is 2.92. The third kappa shape index (κ3) is 3.47. The van der Waals surface area contributed by atoms with Gasteiger partial charge in [0.25, 0.3) is 0 Å². The minimum Gasteiger partial charge on any atom is -0.460 e. The number of amides is 1. The molecule has 6 nitrogen and oxygen atoms in total. The maximum absolute atomic E-state index is 12.5. The van der Waals surface area contributed by atoms with Gasteiger partial charge in [-0.25, -0.2) is 4.79 Å². The number of ether oxygens (including phenoxy) is 2. The summed E-state index contributed by atoms with van der Waals surface area (Å²) in [6.45, 7) is 9.00. The molecule has 3 heterocycles. The Morgan fingerprint density at radius 3 is 2.75 bits per heavy atom. The van der Waals surface area contributed by atoms with E-state index in [1.807, 2.05) is 31.1 Å². The van der Waals surface area contributed by atoms with Gasteiger partial charge < -0.3 is 19.3 Å². The standard InChI is InChI=1S/C17H24N2O4S/c1-11(2)23-17(21)15-12(3)9-19-13(10-24-16(15)19)8-14(20)18-4-6-22-7-5-18/h10-12H,4-9H2,1-3H3. The molecule has 1 amide bonds. The molecule has 3 aliphatic rings. The van der Waals surface area contributed by atoms with Crippen LogP contribution in [0.3, 0.4) is 0 Å². The van der Waals surface area contributed by atoms with Crippen molar-refractivity contribution in [2.24, 2.45) is 5.92 Å². The number of nitrogens with zero attached hydrogens (tertiary/aromatic N) is 2. The molecular weight excluding hydrogens is 328 g/mol. The van der Waals surface area contributed by atoms with E-state index in [1.165, 1.54) is 11.8 Å². The Bertz CT molecular complexity index is 593. The van der Waals surface area contributed by atoms with Crippen molar-refractivity contribution < 1.29 is 19.1 Å². The molecule has 0 spiro atoms. The smallest absolute Gasteiger partial charge is 0.337 e. The molecule has 0 aromatic rings. The lowest BCUT2D eigenvalue weighted by Gasteiger charge is -2.28. The van der Waals surface area contributed by atoms with Gasteiger partial charge in [0.05, 0.1) is 36.3 Å². The maximum Gasteiger partial charge on any atom is 0.337 e. The Morgan fingerprint density at radius 2 is 2.08 bits per heavy atom. The minimum absolute atomic E-state index is 0.112. The second kappa shape index (κ2) is 7.19. The van der Waals surface area contributed by atoms with Crippen LogP contribution in [0.4, 0.5) is 0 Å². The summed E-state index contributed by atoms with van der Waals surface area (Å²) >= 11 is 1.52. The zero-order chi connectivity index (χ0) is 17.3. The van der Waals surface area contributed by atoms with Crippen molar-refractivity contribution in [1.82, 2.24) is 9.80 Å². The molecule has 7 heteroatoms. The Kier molecular flexibility index (Phi) is 5.20. The van der Waals surface area contributed by atoms with Crippen LogP contribution in [0.5, 0.6) is 0 Å². The molecular formula is C17H24N2O4S. The second-order valence-corrected chi connectivity index (χ2v) is 7.44. The normalized spacial score (nSPS) is 23.7. The van der Waals surface area contributed by atoms with Gasteiger partial charge in [0.2, 0.25) is 5.91 Å². The highest BCUT2D eigenvalue weighted by Gasteiger charge is 2.39. The molecule has 0 radical (unpaired) electrons. The lowest BCUT2D eigenvalue weighted by molar-refractivity contribution is -0.143. The van der Waals surface area contributed by atoms with E-state index >= 15 is 0 Å². The van der Waals surface area contributed by atoms with Crippen LogP contribution in [-0.2, 0) is 19.1 Å². The minimum atomic E-state index is -0.239. The van der Waals surface area contributed by atoms with E-state index < -0.39 is 0 Å². The van der Waals surface area contributed by atoms with E-state index in [0.717, 1.165) is 22.8 Å². The molecule has 3 rings (SSSR count). The summed E-state index contributed by atoms with van der Waals surface area (Å²) < 4.78 is 10.7. The Hall–Kier alpha value is -1.47. The first kappa shape index (κ1) is 17.4. The number of thioether (sulfide) groups is 1. The first-order valence-electron chi connectivity index (χ1n) is 8.41. The van der Waals surface area contributed by atoms with Crippen molar-refractivity contribution in [3.05, 3.63) is 21.7 Å². The van der Waals surface area contributed by atoms with E-state index in [-0.39, 0.29) is 23.9 Å². The molecule has 132 valence electrons. The number of rotatable bonds is 4. The second-order valence-electron chi connectivity index (χ2n) is 6.58. The van der Waals surface area contributed by atoms with E-state index in [0.29, 0.717) is 32.7 Å². The van der Waals surface area contributed by atoms with Crippen molar-refractivity contribution >= 4 is 23.6 Å². The Labute approximate surface area is 146 Å². The van der Waals surface area contributed by atoms with Crippen LogP contribution >= 0.6 is 11.8 Å². The van der Waals surface area contributed by atoms with Crippen LogP contribution in [0.15, 0.2) is 21.7 Å². The van der Waals surface area contributed by atoms with Crippen LogP contribution < -0.4 is 0 Å². The van der Waals surface area contributed by atoms with Gasteiger partial charge in [-0.2, -0.15) is 0 Å². The number of carbonyl (C=O) groups excluding carboxylic acids is 2. The molecule has 0 aromatic carbocycles. The van der Waals surface area contributed by atoms with Crippen LogP contribution in [0.1, 0.15) is 27.2 Å². The molecule has 1 unspecified atom stereocenters. The molecule has 1 fully saturated rings. The summed E-state index contributed by atoms with van der Waals surface area (Å²) in [6.07, 6.45) is 0.240. The fourth-order valence-electron chi connectivity index (χ4n) is 3.15. The summed E-state index contributed by atoms with van der Waals surface area (Å²) in [6, 6.07) is 0. The highest BCUT2D eigenvalue weighted by Crippen LogP contribution is 2.45. The summed E-state index contributed by atoms with van der Waals surface area (Å²) in [4.78, 5) is 28.8. The van der Waals surface area contributed by atoms with Crippen LogP contribution in [0.25, 0.3) is 0 Å². The molecule has 1 saturated heterocycles. The van der Waals surface area contributed by atoms with Crippen molar-refractivity contribution in [3.63, 3.8) is 0 Å². The molecule has 0 N–H and O–H groups in total. The van der Waals surface area contributed by atoms with Crippen molar-refractivity contribution in [3.8, 4) is 0 Å². The number of hydrogen-bond donors (Lipinski definition) is 0. The first-order chi connectivity index (χ1) is 11.5. The largest absolute Gasteiger partial charge is 0.460 e. The molecule has 0 saturated carbocycles. The molecule has 0 aromatic heterocycles. The lowest BCUT2D eigenvalue weighted by Crippen LogP contribution is -2.41. The van der Waals surface area contributed by atoms with E-state index in [1.54, 1.807) is 0 Å². The predicted octanol–water partition coefficient (Wildman–Crippen LogP) is 1.94. The molecule has 1 atom stereocenters. The summed E-state index contributed by atoms with van der Waals surface area (Å²) in [5.41, 5.74) is 1.71. The number of morpholine rings is 1. The highest BCUT2D eigenvalue weighted by atomic mass is 32.2. The monoisotopic (exact) mass is 352 g/mol. The maximum atomic E-state index is 12.5. The predicted molar refractivity (Wildman–Crippen MR) is 91.8 cm³/mol. The molecule has 0 bridgehead atoms. The number of hydrogen-bond acceptors (Lipinski definition) is 6. The van der Waals surface area contributed by atoms with Crippen molar-refractivity contribution in [1.29, 1.82) is 0 Å². The van der Waals surface area contributed by atoms with Crippen LogP contribution in [0.2, 0.25) is 0 Å². The zero-order valence-corrected chi connectivity index (χ0v) is 15.2. The number of fused-ring (bicyclic) bond motifs is 1. The first-order valence-corrected chi connectivity index (χ1v) is 9.29. The lowest BCUT2D eigenvalue weighted by atomic mass is 10.1. The van der Waals surface area contributed by atoms with Gasteiger partial charge in [-0.15, -0.1) is 0 Å². The SMILES string of the molecule is CC(C)OC(=O)C1=C2SC=C(CC(=O)N3CCOCC3)N2CC1C. The fraction of sp³-hybridized carbons (Fsp3) is 0.647. The Morgan fingerprint density at radius 1 is 1.38 bits per heavy atom. The van der Waals surface area contributed by atoms with E-state index in [2.05, 4.69) is 4.90 Å². The van der Waals surface area contributed by atoms with Crippen molar-refractivity contribution in [2.75, 3.05) is 32.8 Å². The van der Waals surface area contributed by atoms with Crippen LogP contribution in [-0.4, -0.2) is 60.6 Å². The van der Waals surface area contributed by atoms with Gasteiger partial charge in [-0.05, 0) is 19.3 Å². The topological polar surface area (TPSA) is 59.1 Å². The average Bonchev–Trinajstić information content (AvgIpc) is 3.06. The quantitative estimate of drug-likeness (QED) is 0.721. The fourth-order valence-corrected chi connectivity index (χ4v) is 4.34. The molecule has 3 aliphatic heterocycles. The number of esters is 1. The van der Waals surface area contributed by atoms with Gasteiger partial charge in [-0.3, -0.25) is 4.79 Å². The van der Waals surface area contributed by atoms with Gasteiger partial charge in [0, 0.05) is 31.2 Å². The molecule has 0 aliphatic carbocycles. The number of carbonyl (C=O) groups is 2. The summed E-state index contributed by atoms with van der Waals surface area (Å²) in [7, 11) is 0.